The summed E-state index contributed by atoms with van der Waals surface area (Å²) in [6.45, 7) is 10.4. The number of carbonyl (C=O) groups is 1. The number of benzene rings is 1. The zero-order chi connectivity index (χ0) is 20.5. The highest BCUT2D eigenvalue weighted by atomic mass is 16.2. The summed E-state index contributed by atoms with van der Waals surface area (Å²) in [5.74, 6) is 0.346. The normalized spacial score (nSPS) is 15.4. The Morgan fingerprint density at radius 2 is 1.79 bits per heavy atom. The van der Waals surface area contributed by atoms with Crippen LogP contribution in [-0.2, 0) is 13.6 Å². The van der Waals surface area contributed by atoms with Gasteiger partial charge in [0.15, 0.2) is 5.65 Å². The van der Waals surface area contributed by atoms with Gasteiger partial charge in [0.2, 0.25) is 0 Å². The lowest BCUT2D eigenvalue weighted by molar-refractivity contribution is 0.0630. The first-order chi connectivity index (χ1) is 13.9. The van der Waals surface area contributed by atoms with E-state index < -0.39 is 0 Å². The Kier molecular flexibility index (Phi) is 5.37. The highest BCUT2D eigenvalue weighted by Gasteiger charge is 2.26. The van der Waals surface area contributed by atoms with Gasteiger partial charge < -0.3 is 4.90 Å². The molecule has 0 N–H and O–H groups in total. The van der Waals surface area contributed by atoms with Gasteiger partial charge in [-0.05, 0) is 24.5 Å². The van der Waals surface area contributed by atoms with Crippen LogP contribution in [0.1, 0.15) is 47.1 Å². The molecule has 1 aliphatic heterocycles. The number of pyridine rings is 1. The molecular formula is C23H29N5O. The van der Waals surface area contributed by atoms with Crippen molar-refractivity contribution in [1.82, 2.24) is 24.6 Å². The Labute approximate surface area is 172 Å². The average molecular weight is 392 g/mol. The van der Waals surface area contributed by atoms with E-state index in [2.05, 4.69) is 48.1 Å². The van der Waals surface area contributed by atoms with Gasteiger partial charge in [-0.15, -0.1) is 0 Å². The van der Waals surface area contributed by atoms with Crippen molar-refractivity contribution < 1.29 is 4.79 Å². The first kappa shape index (κ1) is 19.6. The maximum absolute atomic E-state index is 13.5. The van der Waals surface area contributed by atoms with Crippen LogP contribution in [-0.4, -0.2) is 56.7 Å². The molecule has 0 bridgehead atoms. The maximum atomic E-state index is 13.5. The van der Waals surface area contributed by atoms with Gasteiger partial charge in [0.25, 0.3) is 5.91 Å². The van der Waals surface area contributed by atoms with Crippen molar-refractivity contribution in [3.8, 4) is 0 Å². The third kappa shape index (κ3) is 3.90. The second kappa shape index (κ2) is 7.95. The molecule has 0 unspecified atom stereocenters. The van der Waals surface area contributed by atoms with E-state index in [1.54, 1.807) is 4.68 Å². The lowest BCUT2D eigenvalue weighted by Gasteiger charge is -2.35. The van der Waals surface area contributed by atoms with Crippen LogP contribution in [0, 0.1) is 6.92 Å². The van der Waals surface area contributed by atoms with Crippen LogP contribution >= 0.6 is 0 Å². The SMILES string of the molecule is Cc1nn(C)c2nc(C(C)C)cc(C(=O)N3CCN(Cc4ccccc4)CC3)c12. The summed E-state index contributed by atoms with van der Waals surface area (Å²) in [6, 6.07) is 12.5. The lowest BCUT2D eigenvalue weighted by Crippen LogP contribution is -2.48. The summed E-state index contributed by atoms with van der Waals surface area (Å²) in [5, 5.41) is 5.40. The second-order valence-corrected chi connectivity index (χ2v) is 8.21. The predicted octanol–water partition coefficient (Wildman–Crippen LogP) is 3.36. The van der Waals surface area contributed by atoms with Gasteiger partial charge in [-0.3, -0.25) is 14.4 Å². The smallest absolute Gasteiger partial charge is 0.254 e. The maximum Gasteiger partial charge on any atom is 0.254 e. The molecule has 152 valence electrons. The molecule has 1 fully saturated rings. The molecule has 0 radical (unpaired) electrons. The largest absolute Gasteiger partial charge is 0.336 e. The molecule has 0 atom stereocenters. The standard InChI is InChI=1S/C23H29N5O/c1-16(2)20-14-19(21-17(3)25-26(4)22(21)24-20)23(29)28-12-10-27(11-13-28)15-18-8-6-5-7-9-18/h5-9,14,16H,10-13,15H2,1-4H3. The highest BCUT2D eigenvalue weighted by molar-refractivity contribution is 6.06. The molecule has 1 aliphatic rings. The van der Waals surface area contributed by atoms with Crippen LogP contribution in [0.25, 0.3) is 11.0 Å². The van der Waals surface area contributed by atoms with Crippen molar-refractivity contribution in [2.24, 2.45) is 7.05 Å². The zero-order valence-electron chi connectivity index (χ0n) is 17.7. The molecule has 1 aromatic carbocycles. The fourth-order valence-electron chi connectivity index (χ4n) is 4.05. The third-order valence-corrected chi connectivity index (χ3v) is 5.72. The molecule has 3 aromatic rings. The van der Waals surface area contributed by atoms with E-state index in [0.29, 0.717) is 0 Å². The van der Waals surface area contributed by atoms with E-state index in [1.807, 2.05) is 31.0 Å². The van der Waals surface area contributed by atoms with Crippen LogP contribution in [0.2, 0.25) is 0 Å². The molecule has 1 saturated heterocycles. The molecule has 4 rings (SSSR count). The van der Waals surface area contributed by atoms with Crippen LogP contribution in [0.15, 0.2) is 36.4 Å². The molecule has 0 aliphatic carbocycles. The Morgan fingerprint density at radius 1 is 1.10 bits per heavy atom. The monoisotopic (exact) mass is 391 g/mol. The van der Waals surface area contributed by atoms with Crippen LogP contribution < -0.4 is 0 Å². The minimum Gasteiger partial charge on any atom is -0.336 e. The van der Waals surface area contributed by atoms with Gasteiger partial charge in [-0.2, -0.15) is 5.10 Å². The molecule has 6 heteroatoms. The summed E-state index contributed by atoms with van der Waals surface area (Å²) in [5.41, 5.74) is 4.64. The minimum absolute atomic E-state index is 0.0924. The molecule has 3 heterocycles. The average Bonchev–Trinajstić information content (AvgIpc) is 3.02. The Bertz CT molecular complexity index is 1020. The number of carbonyl (C=O) groups excluding carboxylic acids is 1. The van der Waals surface area contributed by atoms with Crippen molar-refractivity contribution >= 4 is 16.9 Å². The van der Waals surface area contributed by atoms with Crippen LogP contribution in [0.5, 0.6) is 0 Å². The molecule has 6 nitrogen and oxygen atoms in total. The molecule has 29 heavy (non-hydrogen) atoms. The highest BCUT2D eigenvalue weighted by Crippen LogP contribution is 2.26. The second-order valence-electron chi connectivity index (χ2n) is 8.21. The summed E-state index contributed by atoms with van der Waals surface area (Å²) in [4.78, 5) is 22.6. The Morgan fingerprint density at radius 3 is 2.45 bits per heavy atom. The van der Waals surface area contributed by atoms with E-state index >= 15 is 0 Å². The topological polar surface area (TPSA) is 54.3 Å². The van der Waals surface area contributed by atoms with Crippen LogP contribution in [0.3, 0.4) is 0 Å². The minimum atomic E-state index is 0.0924. The van der Waals surface area contributed by atoms with E-state index in [1.165, 1.54) is 5.56 Å². The number of fused-ring (bicyclic) bond motifs is 1. The Balaban J connectivity index is 1.55. The van der Waals surface area contributed by atoms with E-state index in [0.717, 1.165) is 60.7 Å². The fraction of sp³-hybridized carbons (Fsp3) is 0.435. The first-order valence-electron chi connectivity index (χ1n) is 10.3. The van der Waals surface area contributed by atoms with Crippen molar-refractivity contribution in [2.75, 3.05) is 26.2 Å². The van der Waals surface area contributed by atoms with E-state index in [4.69, 9.17) is 4.98 Å². The number of aromatic nitrogens is 3. The van der Waals surface area contributed by atoms with Gasteiger partial charge in [-0.25, -0.2) is 4.98 Å². The summed E-state index contributed by atoms with van der Waals surface area (Å²) < 4.78 is 1.78. The fourth-order valence-corrected chi connectivity index (χ4v) is 4.05. The van der Waals surface area contributed by atoms with E-state index in [9.17, 15) is 4.79 Å². The van der Waals surface area contributed by atoms with Crippen molar-refractivity contribution in [1.29, 1.82) is 0 Å². The van der Waals surface area contributed by atoms with E-state index in [-0.39, 0.29) is 11.8 Å². The number of aryl methyl sites for hydroxylation is 2. The van der Waals surface area contributed by atoms with Gasteiger partial charge in [-0.1, -0.05) is 44.2 Å². The van der Waals surface area contributed by atoms with Crippen LogP contribution in [0.4, 0.5) is 0 Å². The molecule has 0 spiro atoms. The number of nitrogens with zero attached hydrogens (tertiary/aromatic N) is 5. The molecule has 2 aromatic heterocycles. The summed E-state index contributed by atoms with van der Waals surface area (Å²) in [7, 11) is 1.89. The van der Waals surface area contributed by atoms with Gasteiger partial charge in [0.1, 0.15) is 0 Å². The van der Waals surface area contributed by atoms with Crippen molar-refractivity contribution in [2.45, 2.75) is 33.2 Å². The molecule has 1 amide bonds. The number of piperazine rings is 1. The number of hydrogen-bond donors (Lipinski definition) is 0. The van der Waals surface area contributed by atoms with Crippen molar-refractivity contribution in [3.05, 3.63) is 58.9 Å². The summed E-state index contributed by atoms with van der Waals surface area (Å²) >= 11 is 0. The van der Waals surface area contributed by atoms with Gasteiger partial charge >= 0.3 is 0 Å². The summed E-state index contributed by atoms with van der Waals surface area (Å²) in [6.07, 6.45) is 0. The number of amides is 1. The Hall–Kier alpha value is -2.73. The molecule has 0 saturated carbocycles. The zero-order valence-corrected chi connectivity index (χ0v) is 17.7. The quantitative estimate of drug-likeness (QED) is 0.684. The number of rotatable bonds is 4. The number of hydrogen-bond acceptors (Lipinski definition) is 4. The van der Waals surface area contributed by atoms with Gasteiger partial charge in [0.05, 0.1) is 16.6 Å². The predicted molar refractivity (Wildman–Crippen MR) is 115 cm³/mol. The van der Waals surface area contributed by atoms with Gasteiger partial charge in [0, 0.05) is 45.5 Å². The lowest BCUT2D eigenvalue weighted by atomic mass is 10.0. The van der Waals surface area contributed by atoms with Crippen molar-refractivity contribution in [3.63, 3.8) is 0 Å². The molecular weight excluding hydrogens is 362 g/mol. The third-order valence-electron chi connectivity index (χ3n) is 5.72. The first-order valence-corrected chi connectivity index (χ1v) is 10.3.